The van der Waals surface area contributed by atoms with Gasteiger partial charge in [-0.15, -0.1) is 0 Å². The van der Waals surface area contributed by atoms with Crippen molar-refractivity contribution < 1.29 is 14.6 Å². The molecule has 3 aromatic carbocycles. The van der Waals surface area contributed by atoms with Gasteiger partial charge in [0.15, 0.2) is 0 Å². The average Bonchev–Trinajstić information content (AvgIpc) is 3.21. The Hall–Kier alpha value is -2.99. The summed E-state index contributed by atoms with van der Waals surface area (Å²) < 4.78 is 5.80. The number of hydrogen-bond donors (Lipinski definition) is 3. The fourth-order valence-electron chi connectivity index (χ4n) is 3.51. The standard InChI is InChI=1S/C25H22Cl2N2O3/c26-21-10-7-17(11-22(21)27)15-32-19-8-5-16(6-9-19)13-28-24(25(30)31)12-18-14-29-23-4-2-1-3-20(18)23/h1-11,14,24,28-29H,12-13,15H2,(H,30,31)/t24-/m0/s1. The lowest BCUT2D eigenvalue weighted by molar-refractivity contribution is -0.139. The molecular weight excluding hydrogens is 447 g/mol. The number of aliphatic carboxylic acids is 1. The van der Waals surface area contributed by atoms with E-state index in [1.54, 1.807) is 12.1 Å². The van der Waals surface area contributed by atoms with Crippen LogP contribution < -0.4 is 10.1 Å². The smallest absolute Gasteiger partial charge is 0.321 e. The second kappa shape index (κ2) is 10.1. The van der Waals surface area contributed by atoms with E-state index in [2.05, 4.69) is 10.3 Å². The first kappa shape index (κ1) is 22.2. The molecule has 0 fully saturated rings. The molecule has 32 heavy (non-hydrogen) atoms. The first-order valence-corrected chi connectivity index (χ1v) is 10.9. The lowest BCUT2D eigenvalue weighted by Crippen LogP contribution is -2.38. The van der Waals surface area contributed by atoms with Crippen molar-refractivity contribution in [2.45, 2.75) is 25.6 Å². The van der Waals surface area contributed by atoms with Crippen molar-refractivity contribution in [3.8, 4) is 5.75 Å². The quantitative estimate of drug-likeness (QED) is 0.288. The number of carboxylic acids is 1. The number of rotatable bonds is 9. The first-order chi connectivity index (χ1) is 15.5. The van der Waals surface area contributed by atoms with Crippen LogP contribution in [0, 0.1) is 0 Å². The Kier molecular flexibility index (Phi) is 7.00. The number of hydrogen-bond acceptors (Lipinski definition) is 3. The minimum Gasteiger partial charge on any atom is -0.489 e. The van der Waals surface area contributed by atoms with Crippen molar-refractivity contribution in [1.82, 2.24) is 10.3 Å². The molecule has 1 atom stereocenters. The number of carbonyl (C=O) groups is 1. The summed E-state index contributed by atoms with van der Waals surface area (Å²) in [6.45, 7) is 0.812. The Bertz CT molecular complexity index is 1220. The van der Waals surface area contributed by atoms with Crippen LogP contribution in [0.2, 0.25) is 10.0 Å². The van der Waals surface area contributed by atoms with E-state index >= 15 is 0 Å². The van der Waals surface area contributed by atoms with Gasteiger partial charge in [-0.2, -0.15) is 0 Å². The molecule has 0 radical (unpaired) electrons. The topological polar surface area (TPSA) is 74.3 Å². The molecule has 1 heterocycles. The van der Waals surface area contributed by atoms with E-state index in [4.69, 9.17) is 27.9 Å². The largest absolute Gasteiger partial charge is 0.489 e. The molecule has 0 spiro atoms. The van der Waals surface area contributed by atoms with E-state index in [1.165, 1.54) is 0 Å². The van der Waals surface area contributed by atoms with Crippen LogP contribution >= 0.6 is 23.2 Å². The van der Waals surface area contributed by atoms with E-state index in [0.717, 1.165) is 27.6 Å². The Balaban J connectivity index is 1.33. The Labute approximate surface area is 195 Å². The van der Waals surface area contributed by atoms with Crippen molar-refractivity contribution in [2.75, 3.05) is 0 Å². The Morgan fingerprint density at radius 2 is 1.75 bits per heavy atom. The van der Waals surface area contributed by atoms with Crippen LogP contribution in [0.3, 0.4) is 0 Å². The van der Waals surface area contributed by atoms with Crippen LogP contribution in [0.5, 0.6) is 5.75 Å². The highest BCUT2D eigenvalue weighted by Crippen LogP contribution is 2.24. The van der Waals surface area contributed by atoms with Crippen LogP contribution in [0.1, 0.15) is 16.7 Å². The average molecular weight is 469 g/mol. The summed E-state index contributed by atoms with van der Waals surface area (Å²) in [5, 5.41) is 14.9. The minimum absolute atomic E-state index is 0.375. The number of halogens is 2. The predicted octanol–water partition coefficient (Wildman–Crippen LogP) is 5.84. The van der Waals surface area contributed by atoms with Crippen molar-refractivity contribution in [1.29, 1.82) is 0 Å². The van der Waals surface area contributed by atoms with E-state index in [-0.39, 0.29) is 0 Å². The molecule has 4 rings (SSSR count). The number of benzene rings is 3. The monoisotopic (exact) mass is 468 g/mol. The zero-order chi connectivity index (χ0) is 22.5. The van der Waals surface area contributed by atoms with Gasteiger partial charge in [-0.05, 0) is 47.0 Å². The third-order valence-corrected chi connectivity index (χ3v) is 6.00. The number of aromatic amines is 1. The lowest BCUT2D eigenvalue weighted by atomic mass is 10.0. The summed E-state index contributed by atoms with van der Waals surface area (Å²) >= 11 is 12.0. The van der Waals surface area contributed by atoms with Gasteiger partial charge in [0, 0.05) is 30.1 Å². The maximum absolute atomic E-state index is 11.8. The van der Waals surface area contributed by atoms with E-state index < -0.39 is 12.0 Å². The summed E-state index contributed by atoms with van der Waals surface area (Å²) in [7, 11) is 0. The summed E-state index contributed by atoms with van der Waals surface area (Å²) in [6, 6.07) is 20.1. The molecule has 4 aromatic rings. The molecular formula is C25H22Cl2N2O3. The van der Waals surface area contributed by atoms with Crippen LogP contribution in [0.25, 0.3) is 10.9 Å². The first-order valence-electron chi connectivity index (χ1n) is 10.2. The second-order valence-electron chi connectivity index (χ2n) is 7.52. The molecule has 164 valence electrons. The van der Waals surface area contributed by atoms with E-state index in [1.807, 2.05) is 60.8 Å². The fraction of sp³-hybridized carbons (Fsp3) is 0.160. The molecule has 3 N–H and O–H groups in total. The number of ether oxygens (including phenoxy) is 1. The third-order valence-electron chi connectivity index (χ3n) is 5.26. The van der Waals surface area contributed by atoms with Gasteiger partial charge in [-0.25, -0.2) is 0 Å². The zero-order valence-electron chi connectivity index (χ0n) is 17.1. The number of fused-ring (bicyclic) bond motifs is 1. The summed E-state index contributed by atoms with van der Waals surface area (Å²) in [5.74, 6) is -0.162. The Morgan fingerprint density at radius 1 is 1.00 bits per heavy atom. The molecule has 0 aliphatic rings. The van der Waals surface area contributed by atoms with Crippen LogP contribution in [0.15, 0.2) is 72.9 Å². The normalized spacial score (nSPS) is 12.1. The molecule has 1 aromatic heterocycles. The highest BCUT2D eigenvalue weighted by Gasteiger charge is 2.19. The summed E-state index contributed by atoms with van der Waals surface area (Å²) in [6.07, 6.45) is 2.27. The molecule has 7 heteroatoms. The van der Waals surface area contributed by atoms with E-state index in [9.17, 15) is 9.90 Å². The van der Waals surface area contributed by atoms with Gasteiger partial charge in [0.25, 0.3) is 0 Å². The molecule has 0 aliphatic carbocycles. The fourth-order valence-corrected chi connectivity index (χ4v) is 3.83. The number of H-pyrrole nitrogens is 1. The van der Waals surface area contributed by atoms with Gasteiger partial charge in [-0.1, -0.05) is 59.6 Å². The second-order valence-corrected chi connectivity index (χ2v) is 8.33. The molecule has 0 bridgehead atoms. The third kappa shape index (κ3) is 5.43. The molecule has 0 aliphatic heterocycles. The molecule has 0 saturated carbocycles. The SMILES string of the molecule is O=C(O)[C@H](Cc1c[nH]c2ccccc12)NCc1ccc(OCc2ccc(Cl)c(Cl)c2)cc1. The number of nitrogens with one attached hydrogen (secondary N) is 2. The Morgan fingerprint density at radius 3 is 2.50 bits per heavy atom. The van der Waals surface area contributed by atoms with Gasteiger partial charge in [0.2, 0.25) is 0 Å². The zero-order valence-corrected chi connectivity index (χ0v) is 18.7. The summed E-state index contributed by atoms with van der Waals surface area (Å²) in [5.41, 5.74) is 3.87. The molecule has 5 nitrogen and oxygen atoms in total. The van der Waals surface area contributed by atoms with Gasteiger partial charge in [0.05, 0.1) is 10.0 Å². The maximum Gasteiger partial charge on any atom is 0.321 e. The van der Waals surface area contributed by atoms with Crippen molar-refractivity contribution in [3.05, 3.63) is 99.7 Å². The minimum atomic E-state index is -0.878. The van der Waals surface area contributed by atoms with Gasteiger partial charge in [-0.3, -0.25) is 4.79 Å². The summed E-state index contributed by atoms with van der Waals surface area (Å²) in [4.78, 5) is 15.0. The lowest BCUT2D eigenvalue weighted by Gasteiger charge is -2.15. The number of carboxylic acid groups (broad SMARTS) is 1. The number of aromatic nitrogens is 1. The van der Waals surface area contributed by atoms with Crippen molar-refractivity contribution in [2.24, 2.45) is 0 Å². The van der Waals surface area contributed by atoms with Crippen LogP contribution in [-0.4, -0.2) is 22.1 Å². The van der Waals surface area contributed by atoms with Crippen LogP contribution in [-0.2, 0) is 24.4 Å². The van der Waals surface area contributed by atoms with Crippen molar-refractivity contribution in [3.63, 3.8) is 0 Å². The highest BCUT2D eigenvalue weighted by molar-refractivity contribution is 6.42. The molecule has 0 saturated heterocycles. The van der Waals surface area contributed by atoms with Gasteiger partial charge < -0.3 is 20.1 Å². The van der Waals surface area contributed by atoms with Gasteiger partial charge in [0.1, 0.15) is 18.4 Å². The van der Waals surface area contributed by atoms with Gasteiger partial charge >= 0.3 is 5.97 Å². The molecule has 0 amide bonds. The highest BCUT2D eigenvalue weighted by atomic mass is 35.5. The molecule has 0 unspecified atom stereocenters. The van der Waals surface area contributed by atoms with Crippen LogP contribution in [0.4, 0.5) is 0 Å². The van der Waals surface area contributed by atoms with E-state index in [0.29, 0.717) is 35.4 Å². The van der Waals surface area contributed by atoms with Crippen molar-refractivity contribution >= 4 is 40.1 Å². The maximum atomic E-state index is 11.8. The predicted molar refractivity (Wildman–Crippen MR) is 128 cm³/mol. The number of para-hydroxylation sites is 1.